The van der Waals surface area contributed by atoms with Crippen LogP contribution in [0.1, 0.15) is 6.92 Å². The zero-order valence-corrected chi connectivity index (χ0v) is 14.8. The van der Waals surface area contributed by atoms with E-state index in [0.29, 0.717) is 11.9 Å². The average molecular weight is 404 g/mol. The van der Waals surface area contributed by atoms with Crippen LogP contribution in [0.15, 0.2) is 35.3 Å². The van der Waals surface area contributed by atoms with E-state index in [1.807, 2.05) is 30.3 Å². The highest BCUT2D eigenvalue weighted by Gasteiger charge is 2.13. The fraction of sp³-hybridized carbons (Fsp3) is 0.533. The lowest BCUT2D eigenvalue weighted by Gasteiger charge is -2.28. The van der Waals surface area contributed by atoms with Crippen LogP contribution >= 0.6 is 24.0 Å². The molecule has 5 nitrogen and oxygen atoms in total. The molecule has 21 heavy (non-hydrogen) atoms. The first-order valence-corrected chi connectivity index (χ1v) is 7.16. The Balaban J connectivity index is 0.00000220. The molecule has 0 aromatic heterocycles. The lowest BCUT2D eigenvalue weighted by molar-refractivity contribution is 0.0323. The molecule has 6 heteroatoms. The number of hydrogen-bond acceptors (Lipinski definition) is 3. The van der Waals surface area contributed by atoms with Crippen molar-refractivity contribution in [3.63, 3.8) is 0 Å². The molecule has 1 saturated heterocycles. The summed E-state index contributed by atoms with van der Waals surface area (Å²) in [5, 5.41) is 3.10. The average Bonchev–Trinajstić information content (AvgIpc) is 2.47. The second-order valence-electron chi connectivity index (χ2n) is 5.24. The zero-order chi connectivity index (χ0) is 14.2. The van der Waals surface area contributed by atoms with Gasteiger partial charge in [0.05, 0.1) is 13.2 Å². The summed E-state index contributed by atoms with van der Waals surface area (Å²) in [7, 11) is 0. The van der Waals surface area contributed by atoms with Gasteiger partial charge in [-0.05, 0) is 18.1 Å². The molecular formula is C15H25IN4O. The van der Waals surface area contributed by atoms with Gasteiger partial charge >= 0.3 is 0 Å². The van der Waals surface area contributed by atoms with Crippen molar-refractivity contribution in [2.45, 2.75) is 6.92 Å². The van der Waals surface area contributed by atoms with Gasteiger partial charge in [0.15, 0.2) is 5.96 Å². The third-order valence-corrected chi connectivity index (χ3v) is 3.29. The molecule has 1 aromatic rings. The number of hydrogen-bond donors (Lipinski definition) is 2. The van der Waals surface area contributed by atoms with Crippen molar-refractivity contribution in [1.29, 1.82) is 0 Å². The standard InChI is InChI=1S/C15H24N4O.HI/c1-13(12-19-7-9-20-10-8-19)11-17-15(16)18-14-5-3-2-4-6-14;/h2-6,13H,7-12H2,1H3,(H3,16,17,18);1H. The van der Waals surface area contributed by atoms with E-state index in [0.717, 1.165) is 45.1 Å². The SMILES string of the molecule is CC(CN=C(N)Nc1ccccc1)CN1CCOCC1.I. The fourth-order valence-electron chi connectivity index (χ4n) is 2.25. The minimum Gasteiger partial charge on any atom is -0.379 e. The van der Waals surface area contributed by atoms with Crippen LogP contribution in [0.3, 0.4) is 0 Å². The van der Waals surface area contributed by atoms with Crippen molar-refractivity contribution < 1.29 is 4.74 Å². The highest BCUT2D eigenvalue weighted by molar-refractivity contribution is 14.0. The molecule has 0 aliphatic carbocycles. The van der Waals surface area contributed by atoms with Gasteiger partial charge in [-0.3, -0.25) is 9.89 Å². The molecule has 1 fully saturated rings. The molecule has 1 aromatic carbocycles. The Morgan fingerprint density at radius 2 is 2.00 bits per heavy atom. The van der Waals surface area contributed by atoms with Gasteiger partial charge in [0, 0.05) is 31.9 Å². The quantitative estimate of drug-likeness (QED) is 0.448. The highest BCUT2D eigenvalue weighted by Crippen LogP contribution is 2.06. The monoisotopic (exact) mass is 404 g/mol. The van der Waals surface area contributed by atoms with E-state index in [2.05, 4.69) is 22.1 Å². The number of nitrogens with one attached hydrogen (secondary N) is 1. The maximum Gasteiger partial charge on any atom is 0.193 e. The van der Waals surface area contributed by atoms with Crippen molar-refractivity contribution in [3.05, 3.63) is 30.3 Å². The summed E-state index contributed by atoms with van der Waals surface area (Å²) in [6.45, 7) is 7.71. The van der Waals surface area contributed by atoms with Crippen LogP contribution < -0.4 is 11.1 Å². The van der Waals surface area contributed by atoms with E-state index < -0.39 is 0 Å². The Kier molecular flexibility index (Phi) is 8.63. The molecule has 3 N–H and O–H groups in total. The van der Waals surface area contributed by atoms with Gasteiger partial charge in [0.2, 0.25) is 0 Å². The summed E-state index contributed by atoms with van der Waals surface area (Å²) in [5.41, 5.74) is 6.86. The smallest absolute Gasteiger partial charge is 0.193 e. The van der Waals surface area contributed by atoms with E-state index in [4.69, 9.17) is 10.5 Å². The molecule has 1 atom stereocenters. The van der Waals surface area contributed by atoms with Gasteiger partial charge in [0.1, 0.15) is 0 Å². The molecule has 0 bridgehead atoms. The van der Waals surface area contributed by atoms with Crippen LogP contribution in [0.5, 0.6) is 0 Å². The van der Waals surface area contributed by atoms with Crippen molar-refractivity contribution >= 4 is 35.6 Å². The largest absolute Gasteiger partial charge is 0.379 e. The molecule has 0 amide bonds. The summed E-state index contributed by atoms with van der Waals surface area (Å²) >= 11 is 0. The molecule has 0 saturated carbocycles. The Hall–Kier alpha value is -0.860. The Morgan fingerprint density at radius 3 is 2.67 bits per heavy atom. The minimum atomic E-state index is 0. The molecule has 118 valence electrons. The number of benzene rings is 1. The second-order valence-corrected chi connectivity index (χ2v) is 5.24. The number of nitrogens with zero attached hydrogens (tertiary/aromatic N) is 2. The maximum absolute atomic E-state index is 5.89. The molecule has 1 heterocycles. The summed E-state index contributed by atoms with van der Waals surface area (Å²) < 4.78 is 5.35. The molecule has 1 aliphatic rings. The first-order valence-electron chi connectivity index (χ1n) is 7.16. The van der Waals surface area contributed by atoms with E-state index in [-0.39, 0.29) is 24.0 Å². The normalized spacial score (nSPS) is 17.9. The topological polar surface area (TPSA) is 62.9 Å². The van der Waals surface area contributed by atoms with Gasteiger partial charge in [-0.25, -0.2) is 0 Å². The number of ether oxygens (including phenoxy) is 1. The Bertz CT molecular complexity index is 421. The molecule has 0 spiro atoms. The van der Waals surface area contributed by atoms with Gasteiger partial charge in [0.25, 0.3) is 0 Å². The number of halogens is 1. The number of anilines is 1. The number of aliphatic imine (C=N–C) groups is 1. The number of morpholine rings is 1. The predicted molar refractivity (Wildman–Crippen MR) is 98.4 cm³/mol. The van der Waals surface area contributed by atoms with Crippen LogP contribution in [-0.4, -0.2) is 50.3 Å². The summed E-state index contributed by atoms with van der Waals surface area (Å²) in [6, 6.07) is 9.86. The van der Waals surface area contributed by atoms with E-state index in [1.54, 1.807) is 0 Å². The van der Waals surface area contributed by atoms with E-state index in [1.165, 1.54) is 0 Å². The first-order chi connectivity index (χ1) is 9.74. The van der Waals surface area contributed by atoms with Crippen LogP contribution in [0.2, 0.25) is 0 Å². The summed E-state index contributed by atoms with van der Waals surface area (Å²) in [5.74, 6) is 0.967. The molecule has 1 unspecified atom stereocenters. The van der Waals surface area contributed by atoms with Gasteiger partial charge < -0.3 is 15.8 Å². The van der Waals surface area contributed by atoms with Gasteiger partial charge in [-0.15, -0.1) is 24.0 Å². The van der Waals surface area contributed by atoms with Crippen LogP contribution in [0.25, 0.3) is 0 Å². The predicted octanol–water partition coefficient (Wildman–Crippen LogP) is 2.00. The van der Waals surface area contributed by atoms with Crippen LogP contribution in [0.4, 0.5) is 5.69 Å². The summed E-state index contributed by atoms with van der Waals surface area (Å²) in [6.07, 6.45) is 0. The highest BCUT2D eigenvalue weighted by atomic mass is 127. The lowest BCUT2D eigenvalue weighted by Crippen LogP contribution is -2.39. The third-order valence-electron chi connectivity index (χ3n) is 3.29. The molecule has 0 radical (unpaired) electrons. The maximum atomic E-state index is 5.89. The van der Waals surface area contributed by atoms with E-state index >= 15 is 0 Å². The van der Waals surface area contributed by atoms with Crippen LogP contribution in [-0.2, 0) is 4.74 Å². The van der Waals surface area contributed by atoms with E-state index in [9.17, 15) is 0 Å². The molecule has 2 rings (SSSR count). The number of para-hydroxylation sites is 1. The summed E-state index contributed by atoms with van der Waals surface area (Å²) in [4.78, 5) is 6.83. The first kappa shape index (κ1) is 18.2. The number of rotatable bonds is 5. The second kappa shape index (κ2) is 9.97. The molecular weight excluding hydrogens is 379 g/mol. The zero-order valence-electron chi connectivity index (χ0n) is 12.5. The lowest BCUT2D eigenvalue weighted by atomic mass is 10.1. The fourth-order valence-corrected chi connectivity index (χ4v) is 2.25. The molecule has 1 aliphatic heterocycles. The minimum absolute atomic E-state index is 0. The van der Waals surface area contributed by atoms with Gasteiger partial charge in [-0.1, -0.05) is 25.1 Å². The van der Waals surface area contributed by atoms with Crippen molar-refractivity contribution in [3.8, 4) is 0 Å². The van der Waals surface area contributed by atoms with Crippen molar-refractivity contribution in [2.24, 2.45) is 16.6 Å². The Labute approximate surface area is 144 Å². The number of nitrogens with two attached hydrogens (primary N) is 1. The van der Waals surface area contributed by atoms with Gasteiger partial charge in [-0.2, -0.15) is 0 Å². The van der Waals surface area contributed by atoms with Crippen molar-refractivity contribution in [2.75, 3.05) is 44.7 Å². The van der Waals surface area contributed by atoms with Crippen molar-refractivity contribution in [1.82, 2.24) is 4.90 Å². The third kappa shape index (κ3) is 7.10. The number of guanidine groups is 1. The van der Waals surface area contributed by atoms with Crippen LogP contribution in [0, 0.1) is 5.92 Å². The Morgan fingerprint density at radius 1 is 1.33 bits per heavy atom.